The fourth-order valence-electron chi connectivity index (χ4n) is 1.60. The molecule has 0 saturated carbocycles. The van der Waals surface area contributed by atoms with Gasteiger partial charge in [0.25, 0.3) is 10.2 Å². The molecule has 1 heterocycles. The minimum absolute atomic E-state index is 0.166. The largest absolute Gasteiger partial charge is 0.326 e. The van der Waals surface area contributed by atoms with Crippen LogP contribution in [0, 0.1) is 0 Å². The molecule has 2 rings (SSSR count). The van der Waals surface area contributed by atoms with Crippen LogP contribution in [0.2, 0.25) is 0 Å². The Hall–Kier alpha value is -1.90. The Bertz CT molecular complexity index is 696. The third kappa shape index (κ3) is 4.65. The Morgan fingerprint density at radius 3 is 2.60 bits per heavy atom. The number of nitrogens with one attached hydrogen (secondary N) is 2. The molecular formula is C12H13N3O3S2. The highest BCUT2D eigenvalue weighted by Crippen LogP contribution is 2.16. The topological polar surface area (TPSA) is 101 Å². The van der Waals surface area contributed by atoms with E-state index in [1.54, 1.807) is 18.2 Å². The maximum atomic E-state index is 11.8. The molecule has 20 heavy (non-hydrogen) atoms. The summed E-state index contributed by atoms with van der Waals surface area (Å²) < 4.78 is 24.0. The molecule has 0 unspecified atom stereocenters. The van der Waals surface area contributed by atoms with Gasteiger partial charge in [-0.2, -0.15) is 8.42 Å². The highest BCUT2D eigenvalue weighted by atomic mass is 32.2. The standard InChI is InChI=1S/C12H13N3O3S2/c13-20(17,18)15-10-4-1-3-9(7-10)14-12(16)8-11-5-2-6-19-11/h1-7,15H,8H2,(H,14,16)(H2,13,17,18). The van der Waals surface area contributed by atoms with Crippen molar-refractivity contribution in [2.45, 2.75) is 6.42 Å². The van der Waals surface area contributed by atoms with E-state index in [2.05, 4.69) is 10.0 Å². The van der Waals surface area contributed by atoms with E-state index in [4.69, 9.17) is 5.14 Å². The van der Waals surface area contributed by atoms with Crippen molar-refractivity contribution in [3.05, 3.63) is 46.7 Å². The molecule has 106 valence electrons. The molecule has 0 atom stereocenters. The minimum Gasteiger partial charge on any atom is -0.326 e. The number of hydrogen-bond donors (Lipinski definition) is 3. The maximum absolute atomic E-state index is 11.8. The first kappa shape index (κ1) is 14.5. The van der Waals surface area contributed by atoms with Gasteiger partial charge in [-0.1, -0.05) is 12.1 Å². The quantitative estimate of drug-likeness (QED) is 0.780. The normalized spacial score (nSPS) is 11.1. The molecule has 0 spiro atoms. The van der Waals surface area contributed by atoms with Gasteiger partial charge >= 0.3 is 0 Å². The van der Waals surface area contributed by atoms with Gasteiger partial charge < -0.3 is 5.32 Å². The number of rotatable bonds is 5. The van der Waals surface area contributed by atoms with Crippen molar-refractivity contribution in [1.29, 1.82) is 0 Å². The lowest BCUT2D eigenvalue weighted by atomic mass is 10.2. The smallest absolute Gasteiger partial charge is 0.296 e. The van der Waals surface area contributed by atoms with Crippen LogP contribution in [0.25, 0.3) is 0 Å². The van der Waals surface area contributed by atoms with Crippen molar-refractivity contribution < 1.29 is 13.2 Å². The van der Waals surface area contributed by atoms with Gasteiger partial charge in [-0.05, 0) is 29.6 Å². The Labute approximate surface area is 120 Å². The van der Waals surface area contributed by atoms with Crippen molar-refractivity contribution in [2.24, 2.45) is 5.14 Å². The van der Waals surface area contributed by atoms with Crippen molar-refractivity contribution in [3.8, 4) is 0 Å². The number of nitrogens with two attached hydrogens (primary N) is 1. The van der Waals surface area contributed by atoms with E-state index >= 15 is 0 Å². The lowest BCUT2D eigenvalue weighted by molar-refractivity contribution is -0.115. The van der Waals surface area contributed by atoms with Crippen molar-refractivity contribution >= 4 is 38.8 Å². The Balaban J connectivity index is 2.02. The summed E-state index contributed by atoms with van der Waals surface area (Å²) in [5.41, 5.74) is 0.793. The van der Waals surface area contributed by atoms with Gasteiger partial charge in [-0.25, -0.2) is 5.14 Å². The molecule has 0 aliphatic heterocycles. The monoisotopic (exact) mass is 311 g/mol. The fraction of sp³-hybridized carbons (Fsp3) is 0.0833. The predicted molar refractivity (Wildman–Crippen MR) is 79.8 cm³/mol. The van der Waals surface area contributed by atoms with Crippen molar-refractivity contribution in [2.75, 3.05) is 10.0 Å². The Morgan fingerprint density at radius 1 is 1.20 bits per heavy atom. The van der Waals surface area contributed by atoms with Crippen LogP contribution in [0.1, 0.15) is 4.88 Å². The zero-order valence-corrected chi connectivity index (χ0v) is 12.0. The summed E-state index contributed by atoms with van der Waals surface area (Å²) >= 11 is 1.50. The molecular weight excluding hydrogens is 298 g/mol. The first-order chi connectivity index (χ1) is 9.42. The van der Waals surface area contributed by atoms with Crippen LogP contribution in [0.5, 0.6) is 0 Å². The van der Waals surface area contributed by atoms with Crippen LogP contribution >= 0.6 is 11.3 Å². The number of carbonyl (C=O) groups is 1. The number of benzene rings is 1. The molecule has 2 aromatic rings. The molecule has 8 heteroatoms. The molecule has 4 N–H and O–H groups in total. The van der Waals surface area contributed by atoms with E-state index in [0.29, 0.717) is 11.4 Å². The van der Waals surface area contributed by atoms with Crippen LogP contribution in [0.3, 0.4) is 0 Å². The fourth-order valence-corrected chi connectivity index (χ4v) is 2.76. The molecule has 1 amide bonds. The third-order valence-electron chi connectivity index (χ3n) is 2.32. The van der Waals surface area contributed by atoms with Gasteiger partial charge in [-0.15, -0.1) is 11.3 Å². The van der Waals surface area contributed by atoms with E-state index in [0.717, 1.165) is 4.88 Å². The molecule has 1 aromatic carbocycles. The van der Waals surface area contributed by atoms with Crippen LogP contribution in [0.4, 0.5) is 11.4 Å². The predicted octanol–water partition coefficient (Wildman–Crippen LogP) is 1.54. The van der Waals surface area contributed by atoms with E-state index < -0.39 is 10.2 Å². The first-order valence-electron chi connectivity index (χ1n) is 5.65. The van der Waals surface area contributed by atoms with Gasteiger partial charge in [0, 0.05) is 10.6 Å². The van der Waals surface area contributed by atoms with E-state index in [9.17, 15) is 13.2 Å². The van der Waals surface area contributed by atoms with E-state index in [-0.39, 0.29) is 12.3 Å². The number of carbonyl (C=O) groups excluding carboxylic acids is 1. The average molecular weight is 311 g/mol. The number of amides is 1. The van der Waals surface area contributed by atoms with Crippen LogP contribution in [-0.4, -0.2) is 14.3 Å². The molecule has 0 radical (unpaired) electrons. The molecule has 0 saturated heterocycles. The molecule has 1 aromatic heterocycles. The van der Waals surface area contributed by atoms with Gasteiger partial charge in [-0.3, -0.25) is 9.52 Å². The van der Waals surface area contributed by atoms with Crippen LogP contribution in [0.15, 0.2) is 41.8 Å². The Morgan fingerprint density at radius 2 is 1.95 bits per heavy atom. The first-order valence-corrected chi connectivity index (χ1v) is 8.08. The van der Waals surface area contributed by atoms with Crippen LogP contribution in [-0.2, 0) is 21.4 Å². The van der Waals surface area contributed by atoms with E-state index in [1.807, 2.05) is 17.5 Å². The summed E-state index contributed by atoms with van der Waals surface area (Å²) in [5, 5.41) is 9.48. The lowest BCUT2D eigenvalue weighted by Gasteiger charge is -2.07. The summed E-state index contributed by atoms with van der Waals surface area (Å²) in [5.74, 6) is -0.166. The molecule has 0 aliphatic rings. The molecule has 0 fully saturated rings. The zero-order chi connectivity index (χ0) is 14.6. The van der Waals surface area contributed by atoms with Crippen LogP contribution < -0.4 is 15.2 Å². The van der Waals surface area contributed by atoms with Crippen molar-refractivity contribution in [3.63, 3.8) is 0 Å². The number of thiophene rings is 1. The Kier molecular flexibility index (Phi) is 4.38. The summed E-state index contributed by atoms with van der Waals surface area (Å²) in [6.07, 6.45) is 0.282. The SMILES string of the molecule is NS(=O)(=O)Nc1cccc(NC(=O)Cc2cccs2)c1. The highest BCUT2D eigenvalue weighted by molar-refractivity contribution is 7.90. The van der Waals surface area contributed by atoms with E-state index in [1.165, 1.54) is 17.4 Å². The summed E-state index contributed by atoms with van der Waals surface area (Å²) in [7, 11) is -3.82. The molecule has 6 nitrogen and oxygen atoms in total. The highest BCUT2D eigenvalue weighted by Gasteiger charge is 2.07. The van der Waals surface area contributed by atoms with Gasteiger partial charge in [0.15, 0.2) is 0 Å². The summed E-state index contributed by atoms with van der Waals surface area (Å²) in [4.78, 5) is 12.8. The molecule has 0 aliphatic carbocycles. The second-order valence-electron chi connectivity index (χ2n) is 4.03. The zero-order valence-electron chi connectivity index (χ0n) is 10.4. The van der Waals surface area contributed by atoms with Gasteiger partial charge in [0.2, 0.25) is 5.91 Å². The average Bonchev–Trinajstić information content (AvgIpc) is 2.79. The summed E-state index contributed by atoms with van der Waals surface area (Å²) in [6.45, 7) is 0. The summed E-state index contributed by atoms with van der Waals surface area (Å²) in [6, 6.07) is 10.1. The maximum Gasteiger partial charge on any atom is 0.296 e. The number of anilines is 2. The third-order valence-corrected chi connectivity index (χ3v) is 3.72. The second kappa shape index (κ2) is 6.04. The lowest BCUT2D eigenvalue weighted by Crippen LogP contribution is -2.21. The number of hydrogen-bond acceptors (Lipinski definition) is 4. The molecule has 0 bridgehead atoms. The van der Waals surface area contributed by atoms with Gasteiger partial charge in [0.1, 0.15) is 0 Å². The second-order valence-corrected chi connectivity index (χ2v) is 6.36. The minimum atomic E-state index is -3.82. The van der Waals surface area contributed by atoms with Gasteiger partial charge in [0.05, 0.1) is 12.1 Å². The van der Waals surface area contributed by atoms with Crippen molar-refractivity contribution in [1.82, 2.24) is 0 Å².